The third-order valence-corrected chi connectivity index (χ3v) is 2.99. The zero-order valence-corrected chi connectivity index (χ0v) is 10.8. The largest absolute Gasteiger partial charge is 0.480 e. The van der Waals surface area contributed by atoms with Gasteiger partial charge in [-0.15, -0.1) is 0 Å². The number of benzene rings is 1. The number of imidazole rings is 1. The fraction of sp³-hybridized carbons (Fsp3) is 0.308. The van der Waals surface area contributed by atoms with Gasteiger partial charge >= 0.3 is 5.97 Å². The van der Waals surface area contributed by atoms with Gasteiger partial charge < -0.3 is 15.0 Å². The maximum Gasteiger partial charge on any atom is 0.322 e. The molecule has 0 aliphatic rings. The fourth-order valence-corrected chi connectivity index (χ4v) is 1.82. The summed E-state index contributed by atoms with van der Waals surface area (Å²) in [5.74, 6) is -1.41. The molecule has 1 amide bonds. The maximum atomic E-state index is 11.6. The maximum absolute atomic E-state index is 11.6. The van der Waals surface area contributed by atoms with E-state index in [0.717, 1.165) is 22.2 Å². The molecule has 6 heteroatoms. The lowest BCUT2D eigenvalue weighted by Crippen LogP contribution is -2.31. The number of amides is 1. The van der Waals surface area contributed by atoms with E-state index < -0.39 is 5.97 Å². The lowest BCUT2D eigenvalue weighted by molar-refractivity contribution is -0.138. The standard InChI is InChI=1S/C13H15N3O3/c1-8-3-10-11(4-9(8)2)16(7-15-10)6-12(17)14-5-13(18)19/h3-4,7H,5-6H2,1-2H3,(H,14,17)(H,18,19). The molecule has 0 saturated heterocycles. The monoisotopic (exact) mass is 261 g/mol. The molecular weight excluding hydrogens is 246 g/mol. The number of aryl methyl sites for hydroxylation is 2. The van der Waals surface area contributed by atoms with Crippen LogP contribution in [0.1, 0.15) is 11.1 Å². The molecular formula is C13H15N3O3. The molecule has 0 unspecified atom stereocenters. The highest BCUT2D eigenvalue weighted by molar-refractivity contribution is 5.83. The number of rotatable bonds is 4. The minimum Gasteiger partial charge on any atom is -0.480 e. The van der Waals surface area contributed by atoms with E-state index in [1.54, 1.807) is 10.9 Å². The number of carbonyl (C=O) groups is 2. The number of hydrogen-bond acceptors (Lipinski definition) is 3. The molecule has 2 rings (SSSR count). The number of carbonyl (C=O) groups excluding carboxylic acids is 1. The Balaban J connectivity index is 2.19. The van der Waals surface area contributed by atoms with E-state index in [-0.39, 0.29) is 19.0 Å². The predicted octanol–water partition coefficient (Wildman–Crippen LogP) is 0.854. The van der Waals surface area contributed by atoms with Crippen molar-refractivity contribution < 1.29 is 14.7 Å². The van der Waals surface area contributed by atoms with E-state index in [1.165, 1.54) is 0 Å². The van der Waals surface area contributed by atoms with Crippen LogP contribution in [0.2, 0.25) is 0 Å². The number of nitrogens with one attached hydrogen (secondary N) is 1. The Hall–Kier alpha value is -2.37. The number of aliphatic carboxylic acids is 1. The molecule has 0 fully saturated rings. The van der Waals surface area contributed by atoms with Crippen molar-refractivity contribution in [3.8, 4) is 0 Å². The van der Waals surface area contributed by atoms with Crippen molar-refractivity contribution in [2.45, 2.75) is 20.4 Å². The SMILES string of the molecule is Cc1cc2ncn(CC(=O)NCC(=O)O)c2cc1C. The van der Waals surface area contributed by atoms with Crippen LogP contribution in [0.15, 0.2) is 18.5 Å². The first kappa shape index (κ1) is 13.1. The van der Waals surface area contributed by atoms with Crippen molar-refractivity contribution in [2.75, 3.05) is 6.54 Å². The van der Waals surface area contributed by atoms with E-state index in [4.69, 9.17) is 5.11 Å². The minimum absolute atomic E-state index is 0.0618. The van der Waals surface area contributed by atoms with Crippen molar-refractivity contribution in [2.24, 2.45) is 0 Å². The van der Waals surface area contributed by atoms with Gasteiger partial charge in [-0.2, -0.15) is 0 Å². The van der Waals surface area contributed by atoms with Gasteiger partial charge in [0, 0.05) is 0 Å². The number of hydrogen-bond donors (Lipinski definition) is 2. The Morgan fingerprint density at radius 3 is 2.68 bits per heavy atom. The number of aromatic nitrogens is 2. The van der Waals surface area contributed by atoms with Crippen LogP contribution < -0.4 is 5.32 Å². The van der Waals surface area contributed by atoms with Gasteiger partial charge in [0.05, 0.1) is 17.4 Å². The molecule has 2 aromatic rings. The van der Waals surface area contributed by atoms with Crippen LogP contribution >= 0.6 is 0 Å². The molecule has 0 spiro atoms. The second kappa shape index (κ2) is 5.09. The molecule has 2 N–H and O–H groups in total. The molecule has 0 bridgehead atoms. The Labute approximate surface area is 110 Å². The second-order valence-corrected chi connectivity index (χ2v) is 4.47. The van der Waals surface area contributed by atoms with Crippen LogP contribution in [0.25, 0.3) is 11.0 Å². The average Bonchev–Trinajstić information content (AvgIpc) is 2.70. The molecule has 0 aliphatic heterocycles. The molecule has 0 aliphatic carbocycles. The summed E-state index contributed by atoms with van der Waals surface area (Å²) in [5, 5.41) is 10.8. The fourth-order valence-electron chi connectivity index (χ4n) is 1.82. The number of nitrogens with zero attached hydrogens (tertiary/aromatic N) is 2. The zero-order valence-electron chi connectivity index (χ0n) is 10.8. The molecule has 0 radical (unpaired) electrons. The van der Waals surface area contributed by atoms with Crippen molar-refractivity contribution >= 4 is 22.9 Å². The van der Waals surface area contributed by atoms with Crippen LogP contribution in [0, 0.1) is 13.8 Å². The van der Waals surface area contributed by atoms with E-state index >= 15 is 0 Å². The zero-order chi connectivity index (χ0) is 14.0. The van der Waals surface area contributed by atoms with Crippen LogP contribution in [0.3, 0.4) is 0 Å². The average molecular weight is 261 g/mol. The summed E-state index contributed by atoms with van der Waals surface area (Å²) < 4.78 is 1.71. The van der Waals surface area contributed by atoms with Gasteiger partial charge in [0.2, 0.25) is 5.91 Å². The first-order valence-electron chi connectivity index (χ1n) is 5.88. The molecule has 19 heavy (non-hydrogen) atoms. The predicted molar refractivity (Wildman–Crippen MR) is 69.9 cm³/mol. The normalized spacial score (nSPS) is 10.6. The van der Waals surface area contributed by atoms with E-state index in [0.29, 0.717) is 0 Å². The molecule has 1 heterocycles. The van der Waals surface area contributed by atoms with Crippen molar-refractivity contribution in [3.05, 3.63) is 29.6 Å². The van der Waals surface area contributed by atoms with Crippen molar-refractivity contribution in [1.82, 2.24) is 14.9 Å². The first-order chi connectivity index (χ1) is 8.97. The van der Waals surface area contributed by atoms with E-state index in [2.05, 4.69) is 10.3 Å². The molecule has 6 nitrogen and oxygen atoms in total. The summed E-state index contributed by atoms with van der Waals surface area (Å²) in [6, 6.07) is 3.94. The van der Waals surface area contributed by atoms with Gasteiger partial charge in [-0.25, -0.2) is 4.98 Å². The number of carboxylic acid groups (broad SMARTS) is 1. The highest BCUT2D eigenvalue weighted by Gasteiger charge is 2.09. The lowest BCUT2D eigenvalue weighted by Gasteiger charge is -2.06. The third kappa shape index (κ3) is 2.90. The second-order valence-electron chi connectivity index (χ2n) is 4.47. The quantitative estimate of drug-likeness (QED) is 0.854. The van der Waals surface area contributed by atoms with E-state index in [9.17, 15) is 9.59 Å². The highest BCUT2D eigenvalue weighted by atomic mass is 16.4. The highest BCUT2D eigenvalue weighted by Crippen LogP contribution is 2.18. The van der Waals surface area contributed by atoms with Gasteiger partial charge in [-0.3, -0.25) is 9.59 Å². The Kier molecular flexibility index (Phi) is 3.50. The Morgan fingerprint density at radius 2 is 2.00 bits per heavy atom. The van der Waals surface area contributed by atoms with Crippen LogP contribution in [0.5, 0.6) is 0 Å². The van der Waals surface area contributed by atoms with Crippen LogP contribution in [-0.2, 0) is 16.1 Å². The Morgan fingerprint density at radius 1 is 1.32 bits per heavy atom. The summed E-state index contributed by atoms with van der Waals surface area (Å²) >= 11 is 0. The number of carboxylic acids is 1. The molecule has 1 aromatic heterocycles. The minimum atomic E-state index is -1.06. The van der Waals surface area contributed by atoms with Gasteiger partial charge in [-0.1, -0.05) is 0 Å². The molecule has 1 aromatic carbocycles. The lowest BCUT2D eigenvalue weighted by atomic mass is 10.1. The van der Waals surface area contributed by atoms with E-state index in [1.807, 2.05) is 26.0 Å². The molecule has 100 valence electrons. The molecule has 0 saturated carbocycles. The smallest absolute Gasteiger partial charge is 0.322 e. The summed E-state index contributed by atoms with van der Waals surface area (Å²) in [4.78, 5) is 26.2. The van der Waals surface area contributed by atoms with Gasteiger partial charge in [0.15, 0.2) is 0 Å². The topological polar surface area (TPSA) is 84.2 Å². The van der Waals surface area contributed by atoms with Gasteiger partial charge in [0.1, 0.15) is 13.1 Å². The summed E-state index contributed by atoms with van der Waals surface area (Å²) in [7, 11) is 0. The first-order valence-corrected chi connectivity index (χ1v) is 5.88. The third-order valence-electron chi connectivity index (χ3n) is 2.99. The summed E-state index contributed by atoms with van der Waals surface area (Å²) in [6.45, 7) is 3.69. The van der Waals surface area contributed by atoms with Crippen molar-refractivity contribution in [1.29, 1.82) is 0 Å². The number of fused-ring (bicyclic) bond motifs is 1. The van der Waals surface area contributed by atoms with Crippen molar-refractivity contribution in [3.63, 3.8) is 0 Å². The Bertz CT molecular complexity index is 646. The summed E-state index contributed by atoms with van der Waals surface area (Å²) in [5.41, 5.74) is 3.97. The molecule has 0 atom stereocenters. The van der Waals surface area contributed by atoms with Crippen LogP contribution in [0.4, 0.5) is 0 Å². The summed E-state index contributed by atoms with van der Waals surface area (Å²) in [6.07, 6.45) is 1.59. The van der Waals surface area contributed by atoms with Crippen LogP contribution in [-0.4, -0.2) is 33.1 Å². The van der Waals surface area contributed by atoms with Gasteiger partial charge in [-0.05, 0) is 37.1 Å². The van der Waals surface area contributed by atoms with Gasteiger partial charge in [0.25, 0.3) is 0 Å².